The second-order valence-electron chi connectivity index (χ2n) is 10.7. The summed E-state index contributed by atoms with van der Waals surface area (Å²) in [5, 5.41) is 2.96. The maximum atomic E-state index is 14.1. The van der Waals surface area contributed by atoms with Crippen LogP contribution in [-0.4, -0.2) is 68.0 Å². The summed E-state index contributed by atoms with van der Waals surface area (Å²) in [4.78, 5) is 69.5. The number of urea groups is 1. The van der Waals surface area contributed by atoms with E-state index in [1.807, 2.05) is 39.0 Å². The van der Waals surface area contributed by atoms with Gasteiger partial charge in [-0.25, -0.2) is 24.0 Å². The summed E-state index contributed by atoms with van der Waals surface area (Å²) in [5.41, 5.74) is 1.67. The van der Waals surface area contributed by atoms with E-state index in [0.29, 0.717) is 27.4 Å². The van der Waals surface area contributed by atoms with Gasteiger partial charge in [-0.15, -0.1) is 0 Å². The molecule has 0 aliphatic carbocycles. The van der Waals surface area contributed by atoms with Crippen molar-refractivity contribution in [3.05, 3.63) is 84.9 Å². The van der Waals surface area contributed by atoms with Crippen LogP contribution >= 0.6 is 35.3 Å². The molecular weight excluding hydrogens is 653 g/mol. The molecule has 46 heavy (non-hydrogen) atoms. The van der Waals surface area contributed by atoms with Gasteiger partial charge in [0.05, 0.1) is 45.2 Å². The van der Waals surface area contributed by atoms with Crippen molar-refractivity contribution in [2.75, 3.05) is 38.7 Å². The Labute approximate surface area is 278 Å². The third-order valence-corrected chi connectivity index (χ3v) is 12.2. The highest BCUT2D eigenvalue weighted by atomic mass is 32.2. The van der Waals surface area contributed by atoms with Gasteiger partial charge in [0, 0.05) is 21.7 Å². The van der Waals surface area contributed by atoms with E-state index in [0.717, 1.165) is 40.8 Å². The normalized spacial score (nSPS) is 17.7. The molecule has 0 atom stereocenters. The fourth-order valence-electron chi connectivity index (χ4n) is 5.50. The summed E-state index contributed by atoms with van der Waals surface area (Å²) in [5.74, 6) is -3.37. The number of methoxy groups -OCH3 is 4. The summed E-state index contributed by atoms with van der Waals surface area (Å²) in [6.07, 6.45) is 0. The lowest BCUT2D eigenvalue weighted by molar-refractivity contribution is -0.138. The van der Waals surface area contributed by atoms with E-state index >= 15 is 0 Å². The largest absolute Gasteiger partial charge is 0.466 e. The number of carbonyl (C=O) groups excluding carboxylic acids is 5. The first-order valence-electron chi connectivity index (χ1n) is 13.8. The van der Waals surface area contributed by atoms with Gasteiger partial charge in [-0.1, -0.05) is 65.1 Å². The number of nitrogens with one attached hydrogen (secondary N) is 1. The number of benzene rings is 2. The van der Waals surface area contributed by atoms with Crippen LogP contribution in [0.3, 0.4) is 0 Å². The Hall–Kier alpha value is -4.14. The number of thioether (sulfide) groups is 3. The van der Waals surface area contributed by atoms with Crippen LogP contribution in [0, 0.1) is 6.92 Å². The number of rotatable bonds is 5. The van der Waals surface area contributed by atoms with Crippen LogP contribution in [0.15, 0.2) is 73.7 Å². The van der Waals surface area contributed by atoms with E-state index < -0.39 is 39.5 Å². The van der Waals surface area contributed by atoms with Gasteiger partial charge >= 0.3 is 29.9 Å². The number of hydrogen-bond donors (Lipinski definition) is 1. The van der Waals surface area contributed by atoms with E-state index in [9.17, 15) is 24.0 Å². The molecular formula is C32H30N2O9S3. The summed E-state index contributed by atoms with van der Waals surface area (Å²) in [6, 6.07) is 14.0. The van der Waals surface area contributed by atoms with Crippen molar-refractivity contribution >= 4 is 82.1 Å². The number of para-hydroxylation sites is 1. The van der Waals surface area contributed by atoms with Crippen LogP contribution in [0.4, 0.5) is 16.2 Å². The van der Waals surface area contributed by atoms with Crippen molar-refractivity contribution in [1.82, 2.24) is 0 Å². The zero-order valence-electron chi connectivity index (χ0n) is 26.0. The highest BCUT2D eigenvalue weighted by molar-refractivity contribution is 8.26. The zero-order chi connectivity index (χ0) is 33.6. The lowest BCUT2D eigenvalue weighted by atomic mass is 9.83. The van der Waals surface area contributed by atoms with Crippen LogP contribution in [-0.2, 0) is 38.1 Å². The SMILES string of the molecule is COC(=O)C1=C(C(=O)OC)SC2(S1)C(C(=O)OC)=C(C(=O)OC)SC1=C2c2cc(C)ccc2N(C(=O)Nc2ccccc2)C1(C)C. The van der Waals surface area contributed by atoms with Crippen molar-refractivity contribution in [1.29, 1.82) is 0 Å². The van der Waals surface area contributed by atoms with E-state index in [-0.39, 0.29) is 20.3 Å². The summed E-state index contributed by atoms with van der Waals surface area (Å²) in [6.45, 7) is 5.50. The Balaban J connectivity index is 1.85. The van der Waals surface area contributed by atoms with Gasteiger partial charge in [-0.2, -0.15) is 0 Å². The molecule has 2 amide bonds. The van der Waals surface area contributed by atoms with Crippen molar-refractivity contribution in [2.45, 2.75) is 30.4 Å². The van der Waals surface area contributed by atoms with E-state index in [1.54, 1.807) is 35.2 Å². The highest BCUT2D eigenvalue weighted by Gasteiger charge is 2.61. The summed E-state index contributed by atoms with van der Waals surface area (Å²) >= 11 is 2.74. The maximum Gasteiger partial charge on any atom is 0.345 e. The van der Waals surface area contributed by atoms with Crippen molar-refractivity contribution in [3.8, 4) is 0 Å². The minimum Gasteiger partial charge on any atom is -0.466 e. The van der Waals surface area contributed by atoms with Crippen LogP contribution in [0.1, 0.15) is 25.0 Å². The average Bonchev–Trinajstić information content (AvgIpc) is 3.43. The summed E-state index contributed by atoms with van der Waals surface area (Å²) in [7, 11) is 4.69. The standard InChI is InChI=1S/C32H30N2O9S3/c1-16-13-14-19-18(15-16)20-25(31(2,3)34(19)30(39)33-17-11-9-8-10-12-17)44-22(27(36)41-5)21(26(35)40-4)32(20)45-23(28(37)42-6)24(46-32)29(38)43-7/h8-15H,1-7H3,(H,33,39). The molecule has 0 saturated carbocycles. The molecule has 0 saturated heterocycles. The molecule has 0 radical (unpaired) electrons. The molecule has 0 fully saturated rings. The number of hydrogen-bond acceptors (Lipinski definition) is 12. The number of nitrogens with zero attached hydrogens (tertiary/aromatic N) is 1. The Bertz CT molecular complexity index is 1750. The summed E-state index contributed by atoms with van der Waals surface area (Å²) < 4.78 is 18.8. The Morgan fingerprint density at radius 3 is 1.83 bits per heavy atom. The minimum absolute atomic E-state index is 0.111. The van der Waals surface area contributed by atoms with Gasteiger partial charge in [0.2, 0.25) is 0 Å². The number of esters is 4. The molecule has 0 unspecified atom stereocenters. The van der Waals surface area contributed by atoms with Gasteiger partial charge < -0.3 is 24.3 Å². The lowest BCUT2D eigenvalue weighted by Crippen LogP contribution is -2.55. The molecule has 1 spiro atoms. The number of carbonyl (C=O) groups is 5. The minimum atomic E-state index is -1.65. The Kier molecular flexibility index (Phi) is 9.08. The van der Waals surface area contributed by atoms with Crippen LogP contribution in [0.2, 0.25) is 0 Å². The fraction of sp³-hybridized carbons (Fsp3) is 0.281. The third-order valence-electron chi connectivity index (χ3n) is 7.52. The number of ether oxygens (including phenoxy) is 4. The van der Waals surface area contributed by atoms with Crippen molar-refractivity contribution in [3.63, 3.8) is 0 Å². The second kappa shape index (κ2) is 12.6. The first-order chi connectivity index (χ1) is 21.9. The van der Waals surface area contributed by atoms with Crippen LogP contribution < -0.4 is 10.2 Å². The topological polar surface area (TPSA) is 138 Å². The monoisotopic (exact) mass is 682 g/mol. The van der Waals surface area contributed by atoms with Gasteiger partial charge in [0.15, 0.2) is 0 Å². The second-order valence-corrected chi connectivity index (χ2v) is 14.4. The molecule has 0 bridgehead atoms. The van der Waals surface area contributed by atoms with E-state index in [4.69, 9.17) is 18.9 Å². The predicted octanol–water partition coefficient (Wildman–Crippen LogP) is 5.62. The van der Waals surface area contributed by atoms with E-state index in [1.165, 1.54) is 28.4 Å². The lowest BCUT2D eigenvalue weighted by Gasteiger charge is -2.50. The Morgan fingerprint density at radius 2 is 1.28 bits per heavy atom. The highest BCUT2D eigenvalue weighted by Crippen LogP contribution is 2.71. The fourth-order valence-corrected chi connectivity index (χ4v) is 10.5. The smallest absolute Gasteiger partial charge is 0.345 e. The molecule has 14 heteroatoms. The third kappa shape index (κ3) is 5.27. The van der Waals surface area contributed by atoms with Gasteiger partial charge in [0.25, 0.3) is 0 Å². The van der Waals surface area contributed by atoms with Crippen molar-refractivity contribution < 1.29 is 42.9 Å². The maximum absolute atomic E-state index is 14.1. The number of amides is 2. The first kappa shape index (κ1) is 33.2. The Morgan fingerprint density at radius 1 is 0.739 bits per heavy atom. The van der Waals surface area contributed by atoms with Gasteiger partial charge in [0.1, 0.15) is 18.8 Å². The molecule has 240 valence electrons. The predicted molar refractivity (Wildman–Crippen MR) is 178 cm³/mol. The quantitative estimate of drug-likeness (QED) is 0.310. The molecule has 2 aromatic carbocycles. The molecule has 1 N–H and O–H groups in total. The van der Waals surface area contributed by atoms with Crippen LogP contribution in [0.5, 0.6) is 0 Å². The zero-order valence-corrected chi connectivity index (χ0v) is 28.4. The van der Waals surface area contributed by atoms with Crippen molar-refractivity contribution in [2.24, 2.45) is 0 Å². The van der Waals surface area contributed by atoms with Gasteiger partial charge in [-0.05, 0) is 45.0 Å². The molecule has 11 nitrogen and oxygen atoms in total. The molecule has 2 aromatic rings. The van der Waals surface area contributed by atoms with E-state index in [2.05, 4.69) is 5.32 Å². The molecule has 0 aromatic heterocycles. The molecule has 3 heterocycles. The molecule has 3 aliphatic heterocycles. The van der Waals surface area contributed by atoms with Gasteiger partial charge in [-0.3, -0.25) is 4.90 Å². The van der Waals surface area contributed by atoms with Crippen LogP contribution in [0.25, 0.3) is 5.57 Å². The first-order valence-corrected chi connectivity index (χ1v) is 16.2. The number of anilines is 2. The number of aryl methyl sites for hydroxylation is 1. The molecule has 3 aliphatic rings. The average molecular weight is 683 g/mol. The number of fused-ring (bicyclic) bond motifs is 3. The molecule has 5 rings (SSSR count).